The zero-order valence-electron chi connectivity index (χ0n) is 16.6. The number of fused-ring (bicyclic) bond motifs is 1. The first kappa shape index (κ1) is 20.6. The fourth-order valence-corrected chi connectivity index (χ4v) is 3.92. The van der Waals surface area contributed by atoms with Crippen LogP contribution in [0.4, 0.5) is 5.69 Å². The highest BCUT2D eigenvalue weighted by Gasteiger charge is 2.19. The molecule has 31 heavy (non-hydrogen) atoms. The first-order chi connectivity index (χ1) is 15.0. The van der Waals surface area contributed by atoms with Crippen molar-refractivity contribution in [2.75, 3.05) is 0 Å². The maximum Gasteiger partial charge on any atom is 0.339 e. The molecule has 0 fully saturated rings. The highest BCUT2D eigenvalue weighted by molar-refractivity contribution is 7.98. The first-order valence-corrected chi connectivity index (χ1v) is 10.5. The SMILES string of the molecule is CC(OC(=O)c1ccccc1CSc1nc2ccccc2o1)c1cccc([N+](=O)[O-])c1. The minimum absolute atomic E-state index is 0.0458. The summed E-state index contributed by atoms with van der Waals surface area (Å²) < 4.78 is 11.3. The normalized spacial score (nSPS) is 11.9. The molecule has 0 saturated carbocycles. The molecule has 1 heterocycles. The molecule has 1 unspecified atom stereocenters. The number of nitrogens with zero attached hydrogens (tertiary/aromatic N) is 2. The minimum atomic E-state index is -0.634. The van der Waals surface area contributed by atoms with Gasteiger partial charge in [-0.3, -0.25) is 10.1 Å². The zero-order chi connectivity index (χ0) is 21.8. The molecule has 7 nitrogen and oxygen atoms in total. The number of carbonyl (C=O) groups excluding carboxylic acids is 1. The van der Waals surface area contributed by atoms with Crippen LogP contribution in [0.15, 0.2) is 82.4 Å². The van der Waals surface area contributed by atoms with Gasteiger partial charge < -0.3 is 9.15 Å². The van der Waals surface area contributed by atoms with Crippen LogP contribution in [-0.4, -0.2) is 15.9 Å². The fourth-order valence-electron chi connectivity index (χ4n) is 3.08. The van der Waals surface area contributed by atoms with E-state index in [-0.39, 0.29) is 5.69 Å². The summed E-state index contributed by atoms with van der Waals surface area (Å²) in [6.07, 6.45) is -0.634. The molecular weight excluding hydrogens is 416 g/mol. The molecule has 0 aliphatic carbocycles. The average molecular weight is 434 g/mol. The Labute approximate surface area is 182 Å². The summed E-state index contributed by atoms with van der Waals surface area (Å²) >= 11 is 1.39. The lowest BCUT2D eigenvalue weighted by Crippen LogP contribution is -2.11. The minimum Gasteiger partial charge on any atom is -0.454 e. The molecule has 156 valence electrons. The largest absolute Gasteiger partial charge is 0.454 e. The molecule has 0 spiro atoms. The van der Waals surface area contributed by atoms with Crippen LogP contribution in [-0.2, 0) is 10.5 Å². The Morgan fingerprint density at radius 1 is 1.13 bits per heavy atom. The van der Waals surface area contributed by atoms with Crippen LogP contribution < -0.4 is 0 Å². The van der Waals surface area contributed by atoms with E-state index in [4.69, 9.17) is 9.15 Å². The molecule has 4 rings (SSSR count). The van der Waals surface area contributed by atoms with E-state index in [0.717, 1.165) is 11.1 Å². The smallest absolute Gasteiger partial charge is 0.339 e. The predicted molar refractivity (Wildman–Crippen MR) is 117 cm³/mol. The number of nitro benzene ring substituents is 1. The third-order valence-corrected chi connectivity index (χ3v) is 5.57. The van der Waals surface area contributed by atoms with Gasteiger partial charge in [0.15, 0.2) is 5.58 Å². The van der Waals surface area contributed by atoms with Crippen molar-refractivity contribution in [2.45, 2.75) is 24.0 Å². The van der Waals surface area contributed by atoms with Crippen molar-refractivity contribution >= 4 is 34.5 Å². The number of ether oxygens (including phenoxy) is 1. The molecule has 1 atom stereocenters. The van der Waals surface area contributed by atoms with Gasteiger partial charge in [-0.05, 0) is 36.2 Å². The number of hydrogen-bond acceptors (Lipinski definition) is 7. The van der Waals surface area contributed by atoms with E-state index >= 15 is 0 Å². The van der Waals surface area contributed by atoms with Gasteiger partial charge in [-0.25, -0.2) is 9.78 Å². The second-order valence-electron chi connectivity index (χ2n) is 6.79. The van der Waals surface area contributed by atoms with Gasteiger partial charge in [0.25, 0.3) is 10.9 Å². The van der Waals surface area contributed by atoms with Crippen molar-refractivity contribution in [3.05, 3.63) is 99.6 Å². The number of carbonyl (C=O) groups is 1. The summed E-state index contributed by atoms with van der Waals surface area (Å²) in [5, 5.41) is 11.5. The highest BCUT2D eigenvalue weighted by atomic mass is 32.2. The van der Waals surface area contributed by atoms with Gasteiger partial charge in [-0.2, -0.15) is 0 Å². The molecule has 0 bridgehead atoms. The Morgan fingerprint density at radius 3 is 2.71 bits per heavy atom. The number of benzene rings is 3. The second-order valence-corrected chi connectivity index (χ2v) is 7.72. The third-order valence-electron chi connectivity index (χ3n) is 4.70. The lowest BCUT2D eigenvalue weighted by molar-refractivity contribution is -0.385. The standard InChI is InChI=1S/C23H18N2O5S/c1-15(16-8-6-9-18(13-16)25(27)28)29-22(26)19-10-3-2-7-17(19)14-31-23-24-20-11-4-5-12-21(20)30-23/h2-13,15H,14H2,1H3. The molecule has 0 amide bonds. The van der Waals surface area contributed by atoms with E-state index in [1.807, 2.05) is 36.4 Å². The van der Waals surface area contributed by atoms with Gasteiger partial charge in [0.2, 0.25) is 0 Å². The molecule has 0 aliphatic rings. The molecule has 3 aromatic carbocycles. The van der Waals surface area contributed by atoms with Crippen LogP contribution in [0.5, 0.6) is 0 Å². The monoisotopic (exact) mass is 434 g/mol. The molecule has 0 aliphatic heterocycles. The van der Waals surface area contributed by atoms with Gasteiger partial charge >= 0.3 is 5.97 Å². The molecule has 0 N–H and O–H groups in total. The molecular formula is C23H18N2O5S. The van der Waals surface area contributed by atoms with Crippen LogP contribution in [0, 0.1) is 10.1 Å². The Kier molecular flexibility index (Phi) is 5.99. The topological polar surface area (TPSA) is 95.5 Å². The summed E-state index contributed by atoms with van der Waals surface area (Å²) in [4.78, 5) is 27.8. The number of thioether (sulfide) groups is 1. The lowest BCUT2D eigenvalue weighted by atomic mass is 10.1. The number of esters is 1. The Bertz CT molecular complexity index is 1220. The third kappa shape index (κ3) is 4.75. The second kappa shape index (κ2) is 9.01. The van der Waals surface area contributed by atoms with Crippen molar-refractivity contribution in [3.63, 3.8) is 0 Å². The molecule has 8 heteroatoms. The summed E-state index contributed by atoms with van der Waals surface area (Å²) in [6.45, 7) is 1.69. The van der Waals surface area contributed by atoms with Crippen molar-refractivity contribution in [2.24, 2.45) is 0 Å². The first-order valence-electron chi connectivity index (χ1n) is 9.53. The van der Waals surface area contributed by atoms with Gasteiger partial charge in [-0.1, -0.05) is 54.2 Å². The average Bonchev–Trinajstić information content (AvgIpc) is 3.21. The van der Waals surface area contributed by atoms with Gasteiger partial charge in [0.05, 0.1) is 10.5 Å². The van der Waals surface area contributed by atoms with E-state index in [0.29, 0.717) is 27.7 Å². The predicted octanol–water partition coefficient (Wildman–Crippen LogP) is 5.95. The lowest BCUT2D eigenvalue weighted by Gasteiger charge is -2.15. The Balaban J connectivity index is 1.47. The number of para-hydroxylation sites is 2. The van der Waals surface area contributed by atoms with Crippen LogP contribution in [0.1, 0.15) is 34.5 Å². The van der Waals surface area contributed by atoms with Crippen molar-refractivity contribution < 1.29 is 18.9 Å². The Hall–Kier alpha value is -3.65. The van der Waals surface area contributed by atoms with Gasteiger partial charge in [0.1, 0.15) is 11.6 Å². The van der Waals surface area contributed by atoms with Crippen LogP contribution in [0.25, 0.3) is 11.1 Å². The van der Waals surface area contributed by atoms with Crippen molar-refractivity contribution in [3.8, 4) is 0 Å². The van der Waals surface area contributed by atoms with Crippen molar-refractivity contribution in [1.82, 2.24) is 4.98 Å². The number of aromatic nitrogens is 1. The molecule has 0 saturated heterocycles. The summed E-state index contributed by atoms with van der Waals surface area (Å²) in [5.74, 6) is -0.0173. The van der Waals surface area contributed by atoms with E-state index in [1.165, 1.54) is 23.9 Å². The Morgan fingerprint density at radius 2 is 1.90 bits per heavy atom. The zero-order valence-corrected chi connectivity index (χ0v) is 17.4. The quantitative estimate of drug-likeness (QED) is 0.154. The van der Waals surface area contributed by atoms with E-state index in [9.17, 15) is 14.9 Å². The van der Waals surface area contributed by atoms with E-state index < -0.39 is 17.0 Å². The molecule has 4 aromatic rings. The number of rotatable bonds is 7. The van der Waals surface area contributed by atoms with E-state index in [1.54, 1.807) is 31.2 Å². The summed E-state index contributed by atoms with van der Waals surface area (Å²) in [6, 6.07) is 20.8. The number of non-ortho nitro benzene ring substituents is 1. The fraction of sp³-hybridized carbons (Fsp3) is 0.130. The maximum atomic E-state index is 12.8. The van der Waals surface area contributed by atoms with Gasteiger partial charge in [-0.15, -0.1) is 0 Å². The molecule has 0 radical (unpaired) electrons. The highest BCUT2D eigenvalue weighted by Crippen LogP contribution is 2.28. The van der Waals surface area contributed by atoms with Crippen LogP contribution in [0.3, 0.4) is 0 Å². The summed E-state index contributed by atoms with van der Waals surface area (Å²) in [5.41, 5.74) is 3.22. The number of hydrogen-bond donors (Lipinski definition) is 0. The number of nitro groups is 1. The van der Waals surface area contributed by atoms with Crippen LogP contribution in [0.2, 0.25) is 0 Å². The molecule has 1 aromatic heterocycles. The maximum absolute atomic E-state index is 12.8. The van der Waals surface area contributed by atoms with Crippen LogP contribution >= 0.6 is 11.8 Å². The van der Waals surface area contributed by atoms with Gasteiger partial charge in [0, 0.05) is 17.9 Å². The summed E-state index contributed by atoms with van der Waals surface area (Å²) in [7, 11) is 0. The van der Waals surface area contributed by atoms with E-state index in [2.05, 4.69) is 4.98 Å². The van der Waals surface area contributed by atoms with Crippen molar-refractivity contribution in [1.29, 1.82) is 0 Å². The number of oxazole rings is 1.